The Bertz CT molecular complexity index is 1670. The predicted octanol–water partition coefficient (Wildman–Crippen LogP) is 2.33. The van der Waals surface area contributed by atoms with Gasteiger partial charge in [0.05, 0.1) is 23.3 Å². The van der Waals surface area contributed by atoms with E-state index < -0.39 is 0 Å². The van der Waals surface area contributed by atoms with Crippen LogP contribution in [0.1, 0.15) is 11.5 Å². The summed E-state index contributed by atoms with van der Waals surface area (Å²) < 4.78 is 3.42. The lowest BCUT2D eigenvalue weighted by molar-refractivity contribution is 0.361. The molecule has 0 spiro atoms. The van der Waals surface area contributed by atoms with Crippen LogP contribution in [0.25, 0.3) is 27.6 Å². The van der Waals surface area contributed by atoms with Crippen LogP contribution in [0.2, 0.25) is 0 Å². The second-order valence-electron chi connectivity index (χ2n) is 9.04. The number of fused-ring (bicyclic) bond motifs is 4. The Morgan fingerprint density at radius 2 is 2.00 bits per heavy atom. The number of para-hydroxylation sites is 1. The third kappa shape index (κ3) is 3.67. The molecule has 0 bridgehead atoms. The lowest BCUT2D eigenvalue weighted by atomic mass is 10.1. The summed E-state index contributed by atoms with van der Waals surface area (Å²) in [6.45, 7) is 3.77. The molecule has 35 heavy (non-hydrogen) atoms. The van der Waals surface area contributed by atoms with Gasteiger partial charge in [-0.25, -0.2) is 19.5 Å². The number of pyridine rings is 1. The molecular weight excluding hydrogens is 442 g/mol. The first-order valence-corrected chi connectivity index (χ1v) is 11.5. The Hall–Kier alpha value is -4.34. The summed E-state index contributed by atoms with van der Waals surface area (Å²) >= 11 is 0. The van der Waals surface area contributed by atoms with E-state index in [-0.39, 0.29) is 12.1 Å². The van der Waals surface area contributed by atoms with Gasteiger partial charge in [-0.15, -0.1) is 0 Å². The van der Waals surface area contributed by atoms with E-state index in [1.165, 1.54) is 0 Å². The minimum absolute atomic E-state index is 0.190. The maximum Gasteiger partial charge on any atom is 0.280 e. The molecule has 176 valence electrons. The quantitative estimate of drug-likeness (QED) is 0.391. The van der Waals surface area contributed by atoms with Crippen molar-refractivity contribution in [1.29, 1.82) is 0 Å². The number of rotatable bonds is 5. The van der Waals surface area contributed by atoms with E-state index in [1.54, 1.807) is 15.3 Å². The third-order valence-electron chi connectivity index (χ3n) is 6.32. The molecule has 1 aliphatic heterocycles. The standard InChI is InChI=1S/C25H25N9O/c1-16-11-22-33(25(35)23-20(34(22)30-16)9-6-10-26-23)15-21-28-19-8-5-4-7-18(19)24(29-21)31(2)13-17-12-27-32(3)14-17/h4-12,17H,13-15H2,1-3H3. The molecule has 0 radical (unpaired) electrons. The van der Waals surface area contributed by atoms with Crippen molar-refractivity contribution in [3.05, 3.63) is 70.5 Å². The molecular formula is C25H25N9O. The SMILES string of the molecule is Cc1cc2n(Cc3nc(N(C)CC4C=NN(C)C4)c4ccccc4n3)c(=O)c3ncccc3n2n1. The van der Waals surface area contributed by atoms with Gasteiger partial charge in [-0.3, -0.25) is 14.4 Å². The Morgan fingerprint density at radius 3 is 2.83 bits per heavy atom. The van der Waals surface area contributed by atoms with Gasteiger partial charge < -0.3 is 4.90 Å². The molecule has 6 rings (SSSR count). The number of nitrogens with zero attached hydrogens (tertiary/aromatic N) is 9. The third-order valence-corrected chi connectivity index (χ3v) is 6.32. The number of benzene rings is 1. The molecule has 0 saturated carbocycles. The van der Waals surface area contributed by atoms with Gasteiger partial charge in [-0.2, -0.15) is 10.2 Å². The minimum Gasteiger partial charge on any atom is -0.358 e. The largest absolute Gasteiger partial charge is 0.358 e. The molecule has 0 saturated heterocycles. The lowest BCUT2D eigenvalue weighted by Crippen LogP contribution is -2.30. The van der Waals surface area contributed by atoms with Gasteiger partial charge in [0, 0.05) is 57.0 Å². The smallest absolute Gasteiger partial charge is 0.280 e. The van der Waals surface area contributed by atoms with Crippen LogP contribution in [-0.4, -0.2) is 67.5 Å². The molecule has 4 aromatic heterocycles. The summed E-state index contributed by atoms with van der Waals surface area (Å²) in [5.74, 6) is 1.70. The van der Waals surface area contributed by atoms with E-state index >= 15 is 0 Å². The first kappa shape index (κ1) is 21.2. The molecule has 1 unspecified atom stereocenters. The van der Waals surface area contributed by atoms with Crippen LogP contribution in [0.3, 0.4) is 0 Å². The van der Waals surface area contributed by atoms with E-state index in [0.29, 0.717) is 28.4 Å². The number of hydrogen-bond acceptors (Lipinski definition) is 8. The summed E-state index contributed by atoms with van der Waals surface area (Å²) in [7, 11) is 4.01. The van der Waals surface area contributed by atoms with Crippen molar-refractivity contribution in [3.63, 3.8) is 0 Å². The monoisotopic (exact) mass is 467 g/mol. The Balaban J connectivity index is 1.47. The van der Waals surface area contributed by atoms with E-state index in [4.69, 9.17) is 9.97 Å². The maximum atomic E-state index is 13.5. The second-order valence-corrected chi connectivity index (χ2v) is 9.04. The molecule has 0 amide bonds. The highest BCUT2D eigenvalue weighted by molar-refractivity contribution is 5.89. The zero-order valence-electron chi connectivity index (χ0n) is 19.8. The topological polar surface area (TPSA) is 96.8 Å². The number of anilines is 1. The maximum absolute atomic E-state index is 13.5. The lowest BCUT2D eigenvalue weighted by Gasteiger charge is -2.23. The van der Waals surface area contributed by atoms with Gasteiger partial charge in [0.25, 0.3) is 5.56 Å². The van der Waals surface area contributed by atoms with Gasteiger partial charge in [0.1, 0.15) is 11.5 Å². The van der Waals surface area contributed by atoms with Crippen molar-refractivity contribution in [2.45, 2.75) is 13.5 Å². The van der Waals surface area contributed by atoms with Crippen LogP contribution in [0.4, 0.5) is 5.82 Å². The van der Waals surface area contributed by atoms with Crippen LogP contribution in [0.5, 0.6) is 0 Å². The Kier molecular flexibility index (Phi) is 4.94. The molecule has 0 fully saturated rings. The van der Waals surface area contributed by atoms with Gasteiger partial charge in [0.2, 0.25) is 0 Å². The minimum atomic E-state index is -0.190. The molecule has 0 aliphatic carbocycles. The zero-order valence-corrected chi connectivity index (χ0v) is 19.8. The highest BCUT2D eigenvalue weighted by atomic mass is 16.1. The number of hydrogen-bond donors (Lipinski definition) is 0. The predicted molar refractivity (Wildman–Crippen MR) is 136 cm³/mol. The normalized spacial score (nSPS) is 15.6. The van der Waals surface area contributed by atoms with Gasteiger partial charge >= 0.3 is 0 Å². The molecule has 5 aromatic rings. The average molecular weight is 468 g/mol. The van der Waals surface area contributed by atoms with E-state index in [2.05, 4.69) is 20.1 Å². The summed E-state index contributed by atoms with van der Waals surface area (Å²) in [6.07, 6.45) is 3.61. The molecule has 10 heteroatoms. The van der Waals surface area contributed by atoms with Crippen molar-refractivity contribution in [2.75, 3.05) is 32.1 Å². The first-order chi connectivity index (χ1) is 17.0. The van der Waals surface area contributed by atoms with Crippen molar-refractivity contribution < 1.29 is 0 Å². The van der Waals surface area contributed by atoms with E-state index in [9.17, 15) is 4.79 Å². The van der Waals surface area contributed by atoms with Gasteiger partial charge in [-0.05, 0) is 31.2 Å². The first-order valence-electron chi connectivity index (χ1n) is 11.5. The molecule has 0 N–H and O–H groups in total. The van der Waals surface area contributed by atoms with E-state index in [0.717, 1.165) is 35.5 Å². The van der Waals surface area contributed by atoms with Crippen molar-refractivity contribution in [3.8, 4) is 0 Å². The summed E-state index contributed by atoms with van der Waals surface area (Å²) in [4.78, 5) is 29.7. The fourth-order valence-electron chi connectivity index (χ4n) is 4.77. The van der Waals surface area contributed by atoms with Crippen molar-refractivity contribution in [2.24, 2.45) is 11.0 Å². The highest BCUT2D eigenvalue weighted by Crippen LogP contribution is 2.25. The Labute approximate surface area is 201 Å². The number of hydrazone groups is 1. The van der Waals surface area contributed by atoms with Crippen LogP contribution < -0.4 is 10.5 Å². The van der Waals surface area contributed by atoms with Crippen molar-refractivity contribution >= 4 is 39.6 Å². The summed E-state index contributed by atoms with van der Waals surface area (Å²) in [6, 6.07) is 13.5. The van der Waals surface area contributed by atoms with Crippen LogP contribution in [0, 0.1) is 12.8 Å². The van der Waals surface area contributed by atoms with Crippen molar-refractivity contribution in [1.82, 2.24) is 34.1 Å². The molecule has 1 aliphatic rings. The average Bonchev–Trinajstić information content (AvgIpc) is 3.46. The summed E-state index contributed by atoms with van der Waals surface area (Å²) in [5, 5.41) is 11.9. The van der Waals surface area contributed by atoms with Gasteiger partial charge in [0.15, 0.2) is 11.3 Å². The zero-order chi connectivity index (χ0) is 24.1. The molecule has 1 atom stereocenters. The Morgan fingerprint density at radius 1 is 1.14 bits per heavy atom. The fraction of sp³-hybridized carbons (Fsp3) is 0.280. The fourth-order valence-corrected chi connectivity index (χ4v) is 4.77. The van der Waals surface area contributed by atoms with Gasteiger partial charge in [-0.1, -0.05) is 12.1 Å². The highest BCUT2D eigenvalue weighted by Gasteiger charge is 2.20. The molecule has 10 nitrogen and oxygen atoms in total. The van der Waals surface area contributed by atoms with Crippen LogP contribution in [0.15, 0.2) is 58.6 Å². The second kappa shape index (κ2) is 8.15. The van der Waals surface area contributed by atoms with E-state index in [1.807, 2.05) is 74.7 Å². The number of aromatic nitrogens is 6. The van der Waals surface area contributed by atoms with Crippen LogP contribution >= 0.6 is 0 Å². The molecule has 5 heterocycles. The van der Waals surface area contributed by atoms with Crippen LogP contribution in [-0.2, 0) is 6.54 Å². The number of aryl methyl sites for hydroxylation is 1. The summed E-state index contributed by atoms with van der Waals surface area (Å²) in [5.41, 5.74) is 3.20. The molecule has 1 aromatic carbocycles.